The van der Waals surface area contributed by atoms with Gasteiger partial charge in [0.05, 0.1) is 6.04 Å². The van der Waals surface area contributed by atoms with Gasteiger partial charge in [0.25, 0.3) is 0 Å². The smallest absolute Gasteiger partial charge is 0.217 e. The quantitative estimate of drug-likeness (QED) is 0.568. The van der Waals surface area contributed by atoms with Crippen LogP contribution in [0.2, 0.25) is 0 Å². The van der Waals surface area contributed by atoms with Gasteiger partial charge in [0.2, 0.25) is 5.95 Å². The van der Waals surface area contributed by atoms with E-state index in [4.69, 9.17) is 5.73 Å². The minimum absolute atomic E-state index is 0. The molecule has 0 aliphatic carbocycles. The highest BCUT2D eigenvalue weighted by Crippen LogP contribution is 2.12. The summed E-state index contributed by atoms with van der Waals surface area (Å²) in [5.74, 6) is -0.528. The van der Waals surface area contributed by atoms with Crippen LogP contribution in [0, 0.1) is 5.95 Å². The third kappa shape index (κ3) is 2.29. The van der Waals surface area contributed by atoms with Gasteiger partial charge < -0.3 is 5.73 Å². The van der Waals surface area contributed by atoms with Crippen molar-refractivity contribution in [3.63, 3.8) is 0 Å². The largest absolute Gasteiger partial charge is 0.321 e. The lowest BCUT2D eigenvalue weighted by Crippen LogP contribution is -2.09. The van der Waals surface area contributed by atoms with Crippen LogP contribution in [0.3, 0.4) is 0 Å². The van der Waals surface area contributed by atoms with Gasteiger partial charge in [-0.1, -0.05) is 12.1 Å². The monoisotopic (exact) mass is 188 g/mol. The van der Waals surface area contributed by atoms with Crippen molar-refractivity contribution in [2.24, 2.45) is 5.73 Å². The van der Waals surface area contributed by atoms with Crippen molar-refractivity contribution < 1.29 is 4.39 Å². The summed E-state index contributed by atoms with van der Waals surface area (Å²) in [5.41, 5.74) is 5.87. The van der Waals surface area contributed by atoms with Gasteiger partial charge in [0.1, 0.15) is 0 Å². The number of aromatic nitrogens is 1. The second-order valence-electron chi connectivity index (χ2n) is 2.14. The number of halogens is 2. The predicted octanol–water partition coefficient (Wildman–Crippen LogP) is 1.83. The van der Waals surface area contributed by atoms with Gasteiger partial charge in [-0.2, -0.15) is 4.39 Å². The fraction of sp³-hybridized carbons (Fsp3) is 0.125. The zero-order valence-electron chi connectivity index (χ0n) is 6.40. The lowest BCUT2D eigenvalue weighted by Gasteiger charge is -2.05. The van der Waals surface area contributed by atoms with Gasteiger partial charge in [-0.3, -0.25) is 0 Å². The number of nitrogens with two attached hydrogens (primary N) is 1. The van der Waals surface area contributed by atoms with Crippen LogP contribution < -0.4 is 5.73 Å². The van der Waals surface area contributed by atoms with Crippen molar-refractivity contribution in [1.29, 1.82) is 0 Å². The van der Waals surface area contributed by atoms with E-state index in [-0.39, 0.29) is 12.4 Å². The molecular formula is C8H10ClFN2. The van der Waals surface area contributed by atoms with Gasteiger partial charge in [-0.25, -0.2) is 4.98 Å². The minimum atomic E-state index is -0.528. The Balaban J connectivity index is 0.00000121. The minimum Gasteiger partial charge on any atom is -0.321 e. The van der Waals surface area contributed by atoms with Crippen LogP contribution in [0.5, 0.6) is 0 Å². The Morgan fingerprint density at radius 3 is 2.83 bits per heavy atom. The van der Waals surface area contributed by atoms with Crippen LogP contribution in [0.15, 0.2) is 31.0 Å². The Hall–Kier alpha value is -0.930. The Morgan fingerprint density at radius 1 is 1.67 bits per heavy atom. The van der Waals surface area contributed by atoms with E-state index in [1.165, 1.54) is 12.3 Å². The molecule has 1 aromatic rings. The van der Waals surface area contributed by atoms with Crippen LogP contribution in [0.25, 0.3) is 0 Å². The molecule has 0 spiro atoms. The summed E-state index contributed by atoms with van der Waals surface area (Å²) < 4.78 is 12.8. The third-order valence-corrected chi connectivity index (χ3v) is 1.40. The number of hydrogen-bond donors (Lipinski definition) is 1. The summed E-state index contributed by atoms with van der Waals surface area (Å²) in [4.78, 5) is 3.45. The molecule has 0 aromatic carbocycles. The summed E-state index contributed by atoms with van der Waals surface area (Å²) in [6, 6.07) is 2.76. The van der Waals surface area contributed by atoms with E-state index in [0.717, 1.165) is 0 Å². The molecule has 0 saturated heterocycles. The fourth-order valence-electron chi connectivity index (χ4n) is 0.774. The van der Waals surface area contributed by atoms with Crippen molar-refractivity contribution in [2.75, 3.05) is 0 Å². The molecule has 0 aliphatic heterocycles. The van der Waals surface area contributed by atoms with Crippen molar-refractivity contribution in [3.8, 4) is 0 Å². The van der Waals surface area contributed by atoms with E-state index in [1.807, 2.05) is 0 Å². The van der Waals surface area contributed by atoms with Crippen LogP contribution in [-0.4, -0.2) is 4.98 Å². The Bertz CT molecular complexity index is 265. The lowest BCUT2D eigenvalue weighted by atomic mass is 10.1. The maximum atomic E-state index is 12.8. The molecule has 0 unspecified atom stereocenters. The van der Waals surface area contributed by atoms with E-state index in [2.05, 4.69) is 11.6 Å². The first kappa shape index (κ1) is 11.1. The van der Waals surface area contributed by atoms with Gasteiger partial charge in [-0.05, 0) is 6.07 Å². The normalized spacial score (nSPS) is 11.5. The maximum Gasteiger partial charge on any atom is 0.217 e. The summed E-state index contributed by atoms with van der Waals surface area (Å²) >= 11 is 0. The molecule has 0 radical (unpaired) electrons. The van der Waals surface area contributed by atoms with Crippen LogP contribution in [0.1, 0.15) is 11.6 Å². The molecule has 66 valence electrons. The average molecular weight is 189 g/mol. The molecule has 1 rings (SSSR count). The highest BCUT2D eigenvalue weighted by molar-refractivity contribution is 5.85. The van der Waals surface area contributed by atoms with Gasteiger partial charge in [-0.15, -0.1) is 19.0 Å². The molecule has 1 atom stereocenters. The number of hydrogen-bond acceptors (Lipinski definition) is 2. The lowest BCUT2D eigenvalue weighted by molar-refractivity contribution is 0.560. The van der Waals surface area contributed by atoms with E-state index >= 15 is 0 Å². The SMILES string of the molecule is C=C[C@@H](N)c1cccnc1F.Cl. The van der Waals surface area contributed by atoms with Crippen LogP contribution in [0.4, 0.5) is 4.39 Å². The standard InChI is InChI=1S/C8H9FN2.ClH/c1-2-7(10)6-4-3-5-11-8(6)9;/h2-5,7H,1,10H2;1H/t7-;/m1./s1. The second-order valence-corrected chi connectivity index (χ2v) is 2.14. The molecule has 0 amide bonds. The molecule has 4 heteroatoms. The zero-order chi connectivity index (χ0) is 8.27. The van der Waals surface area contributed by atoms with Crippen molar-refractivity contribution in [3.05, 3.63) is 42.5 Å². The van der Waals surface area contributed by atoms with Gasteiger partial charge in [0, 0.05) is 11.8 Å². The Labute approximate surface area is 76.7 Å². The molecule has 2 N–H and O–H groups in total. The molecule has 1 heterocycles. The van der Waals surface area contributed by atoms with Crippen LogP contribution >= 0.6 is 12.4 Å². The van der Waals surface area contributed by atoms with Crippen molar-refractivity contribution in [2.45, 2.75) is 6.04 Å². The highest BCUT2D eigenvalue weighted by atomic mass is 35.5. The fourth-order valence-corrected chi connectivity index (χ4v) is 0.774. The first-order valence-electron chi connectivity index (χ1n) is 3.24. The van der Waals surface area contributed by atoms with Gasteiger partial charge in [0.15, 0.2) is 0 Å². The van der Waals surface area contributed by atoms with Gasteiger partial charge >= 0.3 is 0 Å². The third-order valence-electron chi connectivity index (χ3n) is 1.40. The molecule has 0 saturated carbocycles. The van der Waals surface area contributed by atoms with E-state index in [9.17, 15) is 4.39 Å². The average Bonchev–Trinajstić information content (AvgIpc) is 2.04. The van der Waals surface area contributed by atoms with E-state index in [1.54, 1.807) is 12.1 Å². The molecule has 0 fully saturated rings. The Morgan fingerprint density at radius 2 is 2.33 bits per heavy atom. The van der Waals surface area contributed by atoms with Crippen molar-refractivity contribution >= 4 is 12.4 Å². The van der Waals surface area contributed by atoms with E-state index in [0.29, 0.717) is 5.56 Å². The number of nitrogens with zero attached hydrogens (tertiary/aromatic N) is 1. The topological polar surface area (TPSA) is 38.9 Å². The van der Waals surface area contributed by atoms with Crippen LogP contribution in [-0.2, 0) is 0 Å². The highest BCUT2D eigenvalue weighted by Gasteiger charge is 2.06. The molecule has 2 nitrogen and oxygen atoms in total. The summed E-state index contributed by atoms with van der Waals surface area (Å²) in [6.45, 7) is 3.46. The summed E-state index contributed by atoms with van der Waals surface area (Å²) in [7, 11) is 0. The second kappa shape index (κ2) is 4.85. The van der Waals surface area contributed by atoms with Crippen molar-refractivity contribution in [1.82, 2.24) is 4.98 Å². The maximum absolute atomic E-state index is 12.8. The molecule has 0 aliphatic rings. The number of rotatable bonds is 2. The summed E-state index contributed by atoms with van der Waals surface area (Å²) in [5, 5.41) is 0. The molecular weight excluding hydrogens is 179 g/mol. The Kier molecular flexibility index (Phi) is 4.47. The zero-order valence-corrected chi connectivity index (χ0v) is 7.22. The first-order chi connectivity index (χ1) is 5.25. The van der Waals surface area contributed by atoms with E-state index < -0.39 is 12.0 Å². The first-order valence-corrected chi connectivity index (χ1v) is 3.24. The molecule has 1 aromatic heterocycles. The molecule has 0 bridgehead atoms. The number of pyridine rings is 1. The summed E-state index contributed by atoms with van der Waals surface area (Å²) in [6.07, 6.45) is 2.86. The molecule has 12 heavy (non-hydrogen) atoms. The predicted molar refractivity (Wildman–Crippen MR) is 48.6 cm³/mol.